The normalized spacial score (nSPS) is 10.4. The molecule has 4 aromatic carbocycles. The highest BCUT2D eigenvalue weighted by Gasteiger charge is 2.16. The van der Waals surface area contributed by atoms with E-state index in [-0.39, 0.29) is 0 Å². The summed E-state index contributed by atoms with van der Waals surface area (Å²) in [7, 11) is 0. The van der Waals surface area contributed by atoms with E-state index in [0.717, 1.165) is 0 Å². The molecule has 0 bridgehead atoms. The van der Waals surface area contributed by atoms with Gasteiger partial charge in [-0.1, -0.05) is 115 Å². The summed E-state index contributed by atoms with van der Waals surface area (Å²) in [6.45, 7) is 2.19. The second-order valence-electron chi connectivity index (χ2n) is 6.66. The predicted octanol–water partition coefficient (Wildman–Crippen LogP) is 7.00. The van der Waals surface area contributed by atoms with E-state index in [9.17, 15) is 0 Å². The van der Waals surface area contributed by atoms with Crippen LogP contribution >= 0.6 is 0 Å². The number of benzene rings is 4. The largest absolute Gasteiger partial charge is 0.0622 e. The zero-order chi connectivity index (χ0) is 18.5. The summed E-state index contributed by atoms with van der Waals surface area (Å²) in [6.07, 6.45) is 0. The van der Waals surface area contributed by atoms with Crippen LogP contribution < -0.4 is 0 Å². The van der Waals surface area contributed by atoms with E-state index in [2.05, 4.69) is 122 Å². The van der Waals surface area contributed by atoms with Crippen LogP contribution in [-0.2, 0) is 0 Å². The van der Waals surface area contributed by atoms with Gasteiger partial charge in [0.2, 0.25) is 0 Å². The van der Waals surface area contributed by atoms with E-state index in [0.29, 0.717) is 0 Å². The summed E-state index contributed by atoms with van der Waals surface area (Å²) in [5.41, 5.74) is 8.76. The first-order valence-electron chi connectivity index (χ1n) is 9.31. The van der Waals surface area contributed by atoms with Crippen LogP contribution in [0.5, 0.6) is 0 Å². The van der Waals surface area contributed by atoms with Gasteiger partial charge in [-0.15, -0.1) is 0 Å². The van der Waals surface area contributed by atoms with Gasteiger partial charge in [-0.05, 0) is 45.9 Å². The fourth-order valence-corrected chi connectivity index (χ4v) is 3.56. The van der Waals surface area contributed by atoms with Crippen molar-refractivity contribution in [2.75, 3.05) is 0 Å². The molecule has 0 heterocycles. The molecule has 4 aromatic rings. The second-order valence-corrected chi connectivity index (χ2v) is 6.66. The van der Waals surface area contributed by atoms with Crippen molar-refractivity contribution in [1.82, 2.24) is 0 Å². The lowest BCUT2D eigenvalue weighted by atomic mass is 9.84. The van der Waals surface area contributed by atoms with Crippen LogP contribution in [-0.4, -0.2) is 0 Å². The Hall–Kier alpha value is -3.38. The summed E-state index contributed by atoms with van der Waals surface area (Å²) < 4.78 is 0. The molecule has 0 radical (unpaired) electrons. The Morgan fingerprint density at radius 1 is 0.407 bits per heavy atom. The van der Waals surface area contributed by atoms with Crippen LogP contribution in [0.1, 0.15) is 27.8 Å². The summed E-state index contributed by atoms with van der Waals surface area (Å²) in [5.74, 6) is 0. The van der Waals surface area contributed by atoms with Crippen molar-refractivity contribution in [3.05, 3.63) is 143 Å². The van der Waals surface area contributed by atoms with Gasteiger partial charge in [-0.2, -0.15) is 0 Å². The molecule has 0 spiro atoms. The Kier molecular flexibility index (Phi) is 4.98. The summed E-state index contributed by atoms with van der Waals surface area (Å²) in [5, 5.41) is 0. The summed E-state index contributed by atoms with van der Waals surface area (Å²) in [4.78, 5) is 0. The molecule has 0 saturated heterocycles. The zero-order valence-electron chi connectivity index (χ0n) is 15.5. The Balaban J connectivity index is 2.12. The maximum atomic E-state index is 2.23. The molecule has 0 fully saturated rings. The second kappa shape index (κ2) is 7.88. The van der Waals surface area contributed by atoms with Crippen molar-refractivity contribution in [3.8, 4) is 0 Å². The van der Waals surface area contributed by atoms with Crippen LogP contribution in [0.4, 0.5) is 0 Å². The molecule has 130 valence electrons. The molecule has 0 nitrogen and oxygen atoms in total. The minimum absolute atomic E-state index is 1.23. The van der Waals surface area contributed by atoms with Crippen LogP contribution in [0.3, 0.4) is 0 Å². The first-order valence-corrected chi connectivity index (χ1v) is 9.31. The highest BCUT2D eigenvalue weighted by molar-refractivity contribution is 6.05. The predicted molar refractivity (Wildman–Crippen MR) is 116 cm³/mol. The molecule has 0 aliphatic carbocycles. The monoisotopic (exact) mass is 346 g/mol. The first kappa shape index (κ1) is 17.1. The molecule has 0 saturated carbocycles. The average molecular weight is 346 g/mol. The van der Waals surface area contributed by atoms with Gasteiger partial charge in [0, 0.05) is 0 Å². The minimum Gasteiger partial charge on any atom is -0.0622 e. The molecule has 0 unspecified atom stereocenters. The Bertz CT molecular complexity index is 1000. The van der Waals surface area contributed by atoms with Gasteiger partial charge in [-0.25, -0.2) is 0 Å². The summed E-state index contributed by atoms with van der Waals surface area (Å²) in [6, 6.07) is 40.7. The lowest BCUT2D eigenvalue weighted by molar-refractivity contribution is 1.41. The van der Waals surface area contributed by atoms with E-state index in [1.54, 1.807) is 0 Å². The number of aryl methyl sites for hydroxylation is 1. The van der Waals surface area contributed by atoms with Crippen molar-refractivity contribution in [1.29, 1.82) is 0 Å². The van der Waals surface area contributed by atoms with Crippen molar-refractivity contribution < 1.29 is 0 Å². The van der Waals surface area contributed by atoms with Gasteiger partial charge < -0.3 is 0 Å². The van der Waals surface area contributed by atoms with E-state index in [1.807, 2.05) is 0 Å². The van der Waals surface area contributed by atoms with Crippen molar-refractivity contribution in [3.63, 3.8) is 0 Å². The molecule has 0 aliphatic heterocycles. The Labute approximate surface area is 161 Å². The van der Waals surface area contributed by atoms with Gasteiger partial charge in [0.15, 0.2) is 0 Å². The fraction of sp³-hybridized carbons (Fsp3) is 0.0370. The minimum atomic E-state index is 1.23. The molecule has 0 heteroatoms. The maximum absolute atomic E-state index is 2.23. The van der Waals surface area contributed by atoms with E-state index < -0.39 is 0 Å². The number of hydrogen-bond donors (Lipinski definition) is 0. The molecule has 0 N–H and O–H groups in total. The standard InChI is InChI=1S/C27H22/c1-21-13-11-12-20-25(21)27(24-18-9-4-10-19-24)26(22-14-5-2-6-15-22)23-16-7-3-8-17-23/h2-20H,1H3. The number of rotatable bonds is 4. The third-order valence-electron chi connectivity index (χ3n) is 4.85. The average Bonchev–Trinajstić information content (AvgIpc) is 2.74. The van der Waals surface area contributed by atoms with Gasteiger partial charge in [-0.3, -0.25) is 0 Å². The van der Waals surface area contributed by atoms with Gasteiger partial charge in [0.25, 0.3) is 0 Å². The Morgan fingerprint density at radius 3 is 1.22 bits per heavy atom. The molecule has 4 rings (SSSR count). The topological polar surface area (TPSA) is 0 Å². The highest BCUT2D eigenvalue weighted by atomic mass is 14.2. The first-order chi connectivity index (χ1) is 13.3. The quantitative estimate of drug-likeness (QED) is 0.349. The van der Waals surface area contributed by atoms with Crippen LogP contribution in [0.2, 0.25) is 0 Å². The molecular formula is C27H22. The Morgan fingerprint density at radius 2 is 0.778 bits per heavy atom. The van der Waals surface area contributed by atoms with Crippen molar-refractivity contribution in [2.45, 2.75) is 6.92 Å². The maximum Gasteiger partial charge on any atom is -0.00242 e. The van der Waals surface area contributed by atoms with Crippen molar-refractivity contribution >= 4 is 11.1 Å². The number of hydrogen-bond acceptors (Lipinski definition) is 0. The molecule has 0 amide bonds. The molecule has 0 aromatic heterocycles. The third-order valence-corrected chi connectivity index (χ3v) is 4.85. The van der Waals surface area contributed by atoms with Crippen LogP contribution in [0, 0.1) is 6.92 Å². The van der Waals surface area contributed by atoms with Gasteiger partial charge >= 0.3 is 0 Å². The van der Waals surface area contributed by atoms with Gasteiger partial charge in [0.05, 0.1) is 0 Å². The molecule has 27 heavy (non-hydrogen) atoms. The van der Waals surface area contributed by atoms with E-state index in [4.69, 9.17) is 0 Å². The fourth-order valence-electron chi connectivity index (χ4n) is 3.56. The highest BCUT2D eigenvalue weighted by Crippen LogP contribution is 2.37. The van der Waals surface area contributed by atoms with Crippen molar-refractivity contribution in [2.24, 2.45) is 0 Å². The van der Waals surface area contributed by atoms with Crippen LogP contribution in [0.25, 0.3) is 11.1 Å². The lowest BCUT2D eigenvalue weighted by Crippen LogP contribution is -1.99. The molecule has 0 atom stereocenters. The molecule has 0 aliphatic rings. The van der Waals surface area contributed by atoms with Gasteiger partial charge in [0.1, 0.15) is 0 Å². The molecular weight excluding hydrogens is 324 g/mol. The van der Waals surface area contributed by atoms with E-state index >= 15 is 0 Å². The third kappa shape index (κ3) is 3.61. The van der Waals surface area contributed by atoms with Crippen LogP contribution in [0.15, 0.2) is 115 Å². The lowest BCUT2D eigenvalue weighted by Gasteiger charge is -2.19. The smallest absolute Gasteiger partial charge is 0.00242 e. The summed E-state index contributed by atoms with van der Waals surface area (Å²) >= 11 is 0. The SMILES string of the molecule is Cc1ccccc1C(=C(c1ccccc1)c1ccccc1)c1ccccc1. The van der Waals surface area contributed by atoms with E-state index in [1.165, 1.54) is 39.0 Å². The zero-order valence-corrected chi connectivity index (χ0v) is 15.5.